The van der Waals surface area contributed by atoms with Crippen molar-refractivity contribution in [2.24, 2.45) is 0 Å². The van der Waals surface area contributed by atoms with E-state index in [0.29, 0.717) is 6.54 Å². The summed E-state index contributed by atoms with van der Waals surface area (Å²) >= 11 is 6.12. The maximum absolute atomic E-state index is 12.0. The number of hydrogen-bond donors (Lipinski definition) is 1. The summed E-state index contributed by atoms with van der Waals surface area (Å²) in [4.78, 5) is 12.0. The highest BCUT2D eigenvalue weighted by Gasteiger charge is 2.09. The van der Waals surface area contributed by atoms with Crippen LogP contribution in [0, 0.1) is 0 Å². The molecule has 0 aliphatic rings. The van der Waals surface area contributed by atoms with Crippen LogP contribution in [-0.2, 0) is 11.3 Å². The molecule has 0 fully saturated rings. The van der Waals surface area contributed by atoms with Crippen LogP contribution in [0.1, 0.15) is 26.7 Å². The second-order valence-electron chi connectivity index (χ2n) is 4.87. The molecule has 102 valence electrons. The number of hydrogen-bond acceptors (Lipinski definition) is 1. The van der Waals surface area contributed by atoms with Crippen molar-refractivity contribution >= 4 is 28.4 Å². The second kappa shape index (κ2) is 6.11. The fourth-order valence-corrected chi connectivity index (χ4v) is 2.54. The highest BCUT2D eigenvalue weighted by molar-refractivity contribution is 6.35. The third-order valence-electron chi connectivity index (χ3n) is 3.20. The highest BCUT2D eigenvalue weighted by atomic mass is 35.5. The summed E-state index contributed by atoms with van der Waals surface area (Å²) in [6.07, 6.45) is 3.98. The van der Waals surface area contributed by atoms with Gasteiger partial charge in [-0.05, 0) is 31.5 Å². The van der Waals surface area contributed by atoms with E-state index in [1.54, 1.807) is 0 Å². The van der Waals surface area contributed by atoms with Crippen molar-refractivity contribution in [1.29, 1.82) is 0 Å². The summed E-state index contributed by atoms with van der Waals surface area (Å²) in [6, 6.07) is 7.91. The van der Waals surface area contributed by atoms with E-state index in [9.17, 15) is 4.79 Å². The quantitative estimate of drug-likeness (QED) is 0.891. The van der Waals surface area contributed by atoms with Crippen molar-refractivity contribution in [2.75, 3.05) is 0 Å². The van der Waals surface area contributed by atoms with Gasteiger partial charge in [0.05, 0.1) is 0 Å². The topological polar surface area (TPSA) is 34.0 Å². The van der Waals surface area contributed by atoms with Crippen molar-refractivity contribution in [1.82, 2.24) is 9.88 Å². The average Bonchev–Trinajstić information content (AvgIpc) is 2.74. The van der Waals surface area contributed by atoms with Crippen LogP contribution in [0.25, 0.3) is 10.9 Å². The Morgan fingerprint density at radius 3 is 2.95 bits per heavy atom. The zero-order valence-electron chi connectivity index (χ0n) is 11.3. The van der Waals surface area contributed by atoms with E-state index in [4.69, 9.17) is 11.6 Å². The van der Waals surface area contributed by atoms with Gasteiger partial charge in [-0.2, -0.15) is 0 Å². The van der Waals surface area contributed by atoms with Gasteiger partial charge < -0.3 is 9.88 Å². The minimum Gasteiger partial charge on any atom is -0.352 e. The van der Waals surface area contributed by atoms with E-state index in [0.717, 1.165) is 28.8 Å². The largest absolute Gasteiger partial charge is 0.352 e. The number of amides is 1. The van der Waals surface area contributed by atoms with Crippen LogP contribution in [0.5, 0.6) is 0 Å². The number of aromatic nitrogens is 1. The number of benzene rings is 1. The molecule has 0 spiro atoms. The smallest absolute Gasteiger partial charge is 0.240 e. The molecule has 1 amide bonds. The number of nitrogens with zero attached hydrogens (tertiary/aromatic N) is 1. The number of carbonyl (C=O) groups excluding carboxylic acids is 1. The van der Waals surface area contributed by atoms with Gasteiger partial charge in [0.15, 0.2) is 0 Å². The zero-order chi connectivity index (χ0) is 13.8. The van der Waals surface area contributed by atoms with Crippen molar-refractivity contribution in [3.8, 4) is 0 Å². The third-order valence-corrected chi connectivity index (χ3v) is 3.53. The van der Waals surface area contributed by atoms with Gasteiger partial charge in [0.1, 0.15) is 6.54 Å². The minimum atomic E-state index is 0.0402. The number of halogens is 1. The van der Waals surface area contributed by atoms with E-state index in [1.807, 2.05) is 42.0 Å². The lowest BCUT2D eigenvalue weighted by atomic mass is 10.2. The molecule has 3 nitrogen and oxygen atoms in total. The predicted molar refractivity (Wildman–Crippen MR) is 79.5 cm³/mol. The lowest BCUT2D eigenvalue weighted by molar-refractivity contribution is -0.122. The maximum Gasteiger partial charge on any atom is 0.240 e. The lowest BCUT2D eigenvalue weighted by Crippen LogP contribution is -2.34. The number of rotatable bonds is 5. The molecule has 0 aliphatic carbocycles. The molecule has 4 heteroatoms. The molecule has 1 unspecified atom stereocenters. The standard InChI is InChI=1S/C15H19ClN2O/c1-3-5-11(2)17-15(19)10-18-9-8-12-13(16)6-4-7-14(12)18/h4,6-9,11H,3,5,10H2,1-2H3,(H,17,19). The van der Waals surface area contributed by atoms with Crippen molar-refractivity contribution in [3.63, 3.8) is 0 Å². The first-order chi connectivity index (χ1) is 9.11. The van der Waals surface area contributed by atoms with E-state index in [1.165, 1.54) is 0 Å². The van der Waals surface area contributed by atoms with Gasteiger partial charge in [-0.1, -0.05) is 31.0 Å². The normalized spacial score (nSPS) is 12.6. The highest BCUT2D eigenvalue weighted by Crippen LogP contribution is 2.24. The molecule has 0 bridgehead atoms. The van der Waals surface area contributed by atoms with Gasteiger partial charge in [0, 0.05) is 28.2 Å². The fourth-order valence-electron chi connectivity index (χ4n) is 2.30. The number of nitrogens with one attached hydrogen (secondary N) is 1. The Labute approximate surface area is 118 Å². The van der Waals surface area contributed by atoms with Gasteiger partial charge in [-0.3, -0.25) is 4.79 Å². The Bertz CT molecular complexity index is 577. The fraction of sp³-hybridized carbons (Fsp3) is 0.400. The third kappa shape index (κ3) is 3.29. The minimum absolute atomic E-state index is 0.0402. The van der Waals surface area contributed by atoms with E-state index >= 15 is 0 Å². The zero-order valence-corrected chi connectivity index (χ0v) is 12.1. The van der Waals surface area contributed by atoms with Crippen LogP contribution in [0.15, 0.2) is 30.5 Å². The maximum atomic E-state index is 12.0. The Kier molecular flexibility index (Phi) is 4.48. The molecule has 2 rings (SSSR count). The van der Waals surface area contributed by atoms with Gasteiger partial charge in [-0.15, -0.1) is 0 Å². The molecule has 1 N–H and O–H groups in total. The van der Waals surface area contributed by atoms with Gasteiger partial charge in [-0.25, -0.2) is 0 Å². The van der Waals surface area contributed by atoms with E-state index < -0.39 is 0 Å². The first kappa shape index (κ1) is 13.9. The van der Waals surface area contributed by atoms with Gasteiger partial charge in [0.25, 0.3) is 0 Å². The van der Waals surface area contributed by atoms with Crippen molar-refractivity contribution in [2.45, 2.75) is 39.3 Å². The summed E-state index contributed by atoms with van der Waals surface area (Å²) in [5.41, 5.74) is 0.991. The molecule has 0 saturated carbocycles. The first-order valence-corrected chi connectivity index (χ1v) is 7.02. The molecule has 0 aliphatic heterocycles. The van der Waals surface area contributed by atoms with Crippen LogP contribution in [0.3, 0.4) is 0 Å². The van der Waals surface area contributed by atoms with Crippen LogP contribution in [0.2, 0.25) is 5.02 Å². The molecule has 2 aromatic rings. The monoisotopic (exact) mass is 278 g/mol. The lowest BCUT2D eigenvalue weighted by Gasteiger charge is -2.13. The molecule has 1 aromatic carbocycles. The molecular weight excluding hydrogens is 260 g/mol. The summed E-state index contributed by atoms with van der Waals surface area (Å²) in [7, 11) is 0. The molecule has 1 heterocycles. The average molecular weight is 279 g/mol. The molecule has 1 atom stereocenters. The summed E-state index contributed by atoms with van der Waals surface area (Å²) in [5, 5.41) is 4.71. The Morgan fingerprint density at radius 1 is 1.42 bits per heavy atom. The summed E-state index contributed by atoms with van der Waals surface area (Å²) < 4.78 is 1.93. The SMILES string of the molecule is CCCC(C)NC(=O)Cn1ccc2c(Cl)cccc21. The van der Waals surface area contributed by atoms with E-state index in [-0.39, 0.29) is 11.9 Å². The first-order valence-electron chi connectivity index (χ1n) is 6.64. The van der Waals surface area contributed by atoms with Crippen molar-refractivity contribution < 1.29 is 4.79 Å². The van der Waals surface area contributed by atoms with Crippen LogP contribution in [0.4, 0.5) is 0 Å². The van der Waals surface area contributed by atoms with Crippen LogP contribution < -0.4 is 5.32 Å². The number of carbonyl (C=O) groups is 1. The molecule has 1 aromatic heterocycles. The van der Waals surface area contributed by atoms with Gasteiger partial charge in [0.2, 0.25) is 5.91 Å². The molecule has 0 radical (unpaired) electrons. The van der Waals surface area contributed by atoms with Crippen molar-refractivity contribution in [3.05, 3.63) is 35.5 Å². The summed E-state index contributed by atoms with van der Waals surface area (Å²) in [6.45, 7) is 4.48. The second-order valence-corrected chi connectivity index (χ2v) is 5.28. The number of fused-ring (bicyclic) bond motifs is 1. The van der Waals surface area contributed by atoms with Gasteiger partial charge >= 0.3 is 0 Å². The predicted octanol–water partition coefficient (Wildman–Crippen LogP) is 3.60. The van der Waals surface area contributed by atoms with Crippen LogP contribution in [-0.4, -0.2) is 16.5 Å². The molecule has 0 saturated heterocycles. The van der Waals surface area contributed by atoms with E-state index in [2.05, 4.69) is 12.2 Å². The Morgan fingerprint density at radius 2 is 2.21 bits per heavy atom. The Hall–Kier alpha value is -1.48. The Balaban J connectivity index is 2.09. The molecule has 19 heavy (non-hydrogen) atoms. The van der Waals surface area contributed by atoms with Crippen LogP contribution >= 0.6 is 11.6 Å². The summed E-state index contributed by atoms with van der Waals surface area (Å²) in [5.74, 6) is 0.0402. The molecular formula is C15H19ClN2O.